The Bertz CT molecular complexity index is 691. The fourth-order valence-electron chi connectivity index (χ4n) is 1.86. The van der Waals surface area contributed by atoms with Crippen molar-refractivity contribution in [1.29, 1.82) is 0 Å². The van der Waals surface area contributed by atoms with Gasteiger partial charge in [-0.05, 0) is 35.9 Å². The Balaban J connectivity index is 2.38. The summed E-state index contributed by atoms with van der Waals surface area (Å²) in [6, 6.07) is 13.9. The largest absolute Gasteiger partial charge is 0.280 e. The van der Waals surface area contributed by atoms with E-state index in [2.05, 4.69) is 4.98 Å². The Morgan fingerprint density at radius 2 is 1.71 bits per heavy atom. The summed E-state index contributed by atoms with van der Waals surface area (Å²) >= 11 is 6.06. The van der Waals surface area contributed by atoms with Gasteiger partial charge in [0.1, 0.15) is 5.82 Å². The van der Waals surface area contributed by atoms with E-state index in [0.717, 1.165) is 11.0 Å². The quantitative estimate of drug-likeness (QED) is 0.638. The summed E-state index contributed by atoms with van der Waals surface area (Å²) in [7, 11) is 0. The van der Waals surface area contributed by atoms with Crippen molar-refractivity contribution in [3.8, 4) is 5.69 Å². The Kier molecular flexibility index (Phi) is 2.34. The van der Waals surface area contributed by atoms with Gasteiger partial charge in [-0.2, -0.15) is 0 Å². The second-order valence-corrected chi connectivity index (χ2v) is 3.99. The van der Waals surface area contributed by atoms with E-state index in [-0.39, 0.29) is 11.1 Å². The third kappa shape index (κ3) is 1.59. The lowest BCUT2D eigenvalue weighted by Crippen LogP contribution is -1.97. The number of halogens is 2. The Labute approximate surface area is 102 Å². The van der Waals surface area contributed by atoms with Crippen molar-refractivity contribution in [3.05, 3.63) is 59.6 Å². The number of hydrogen-bond acceptors (Lipinski definition) is 1. The topological polar surface area (TPSA) is 17.8 Å². The first-order chi connectivity index (χ1) is 8.27. The third-order valence-corrected chi connectivity index (χ3v) is 2.87. The summed E-state index contributed by atoms with van der Waals surface area (Å²) < 4.78 is 15.4. The molecule has 0 aliphatic carbocycles. The average molecular weight is 247 g/mol. The van der Waals surface area contributed by atoms with Crippen molar-refractivity contribution < 1.29 is 4.39 Å². The molecule has 3 rings (SSSR count). The Morgan fingerprint density at radius 3 is 2.53 bits per heavy atom. The van der Waals surface area contributed by atoms with E-state index >= 15 is 0 Å². The number of benzene rings is 2. The van der Waals surface area contributed by atoms with Crippen LogP contribution in [0.1, 0.15) is 0 Å². The summed E-state index contributed by atoms with van der Waals surface area (Å²) in [6.07, 6.45) is 0. The number of para-hydroxylation sites is 3. The van der Waals surface area contributed by atoms with Crippen LogP contribution in [0.4, 0.5) is 4.39 Å². The first-order valence-electron chi connectivity index (χ1n) is 5.15. The van der Waals surface area contributed by atoms with Crippen LogP contribution in [-0.4, -0.2) is 9.55 Å². The van der Waals surface area contributed by atoms with E-state index in [1.807, 2.05) is 24.3 Å². The zero-order valence-electron chi connectivity index (χ0n) is 8.77. The van der Waals surface area contributed by atoms with Crippen LogP contribution < -0.4 is 0 Å². The lowest BCUT2D eigenvalue weighted by Gasteiger charge is -2.06. The molecular weight excluding hydrogens is 239 g/mol. The summed E-state index contributed by atoms with van der Waals surface area (Å²) in [5, 5.41) is 0.260. The number of imidazole rings is 1. The highest BCUT2D eigenvalue weighted by Crippen LogP contribution is 2.25. The molecule has 1 heterocycles. The van der Waals surface area contributed by atoms with Crippen molar-refractivity contribution in [2.45, 2.75) is 0 Å². The molecule has 4 heteroatoms. The smallest absolute Gasteiger partial charge is 0.208 e. The SMILES string of the molecule is Fc1ccccc1-n1c(Cl)nc2ccccc21. The van der Waals surface area contributed by atoms with E-state index in [9.17, 15) is 4.39 Å². The molecule has 3 aromatic rings. The minimum absolute atomic E-state index is 0.260. The molecule has 0 bridgehead atoms. The molecule has 2 aromatic carbocycles. The van der Waals surface area contributed by atoms with Crippen molar-refractivity contribution in [2.24, 2.45) is 0 Å². The fourth-order valence-corrected chi connectivity index (χ4v) is 2.13. The Morgan fingerprint density at radius 1 is 1.00 bits per heavy atom. The van der Waals surface area contributed by atoms with Gasteiger partial charge in [0.2, 0.25) is 5.28 Å². The van der Waals surface area contributed by atoms with Crippen LogP contribution in [0, 0.1) is 5.82 Å². The molecule has 0 radical (unpaired) electrons. The van der Waals surface area contributed by atoms with E-state index < -0.39 is 0 Å². The molecule has 0 atom stereocenters. The predicted octanol–water partition coefficient (Wildman–Crippen LogP) is 3.82. The minimum Gasteiger partial charge on any atom is -0.280 e. The molecule has 17 heavy (non-hydrogen) atoms. The maximum Gasteiger partial charge on any atom is 0.208 e. The van der Waals surface area contributed by atoms with Gasteiger partial charge in [0.05, 0.1) is 16.7 Å². The Hall–Kier alpha value is -1.87. The van der Waals surface area contributed by atoms with Crippen molar-refractivity contribution in [1.82, 2.24) is 9.55 Å². The highest BCUT2D eigenvalue weighted by atomic mass is 35.5. The molecule has 0 saturated heterocycles. The monoisotopic (exact) mass is 246 g/mol. The van der Waals surface area contributed by atoms with Crippen molar-refractivity contribution >= 4 is 22.6 Å². The van der Waals surface area contributed by atoms with E-state index in [0.29, 0.717) is 5.69 Å². The van der Waals surface area contributed by atoms with E-state index in [1.54, 1.807) is 22.8 Å². The van der Waals surface area contributed by atoms with Crippen LogP contribution in [-0.2, 0) is 0 Å². The molecule has 0 fully saturated rings. The molecule has 0 amide bonds. The molecule has 0 N–H and O–H groups in total. The van der Waals surface area contributed by atoms with Gasteiger partial charge in [-0.15, -0.1) is 0 Å². The number of nitrogens with zero attached hydrogens (tertiary/aromatic N) is 2. The van der Waals surface area contributed by atoms with Gasteiger partial charge < -0.3 is 0 Å². The second kappa shape index (κ2) is 3.86. The molecular formula is C13H8ClFN2. The van der Waals surface area contributed by atoms with Crippen molar-refractivity contribution in [3.63, 3.8) is 0 Å². The van der Waals surface area contributed by atoms with Crippen LogP contribution in [0.2, 0.25) is 5.28 Å². The van der Waals surface area contributed by atoms with Gasteiger partial charge in [-0.25, -0.2) is 9.37 Å². The molecule has 2 nitrogen and oxygen atoms in total. The third-order valence-electron chi connectivity index (χ3n) is 2.61. The highest BCUT2D eigenvalue weighted by Gasteiger charge is 2.12. The predicted molar refractivity (Wildman–Crippen MR) is 66.0 cm³/mol. The van der Waals surface area contributed by atoms with Crippen LogP contribution in [0.3, 0.4) is 0 Å². The van der Waals surface area contributed by atoms with E-state index in [1.165, 1.54) is 6.07 Å². The van der Waals surface area contributed by atoms with Crippen LogP contribution in [0.5, 0.6) is 0 Å². The second-order valence-electron chi connectivity index (χ2n) is 3.66. The summed E-state index contributed by atoms with van der Waals surface area (Å²) in [5.74, 6) is -0.322. The maximum atomic E-state index is 13.8. The van der Waals surface area contributed by atoms with Crippen LogP contribution >= 0.6 is 11.6 Å². The first kappa shape index (κ1) is 10.3. The van der Waals surface area contributed by atoms with Gasteiger partial charge in [0.15, 0.2) is 0 Å². The van der Waals surface area contributed by atoms with Crippen LogP contribution in [0.25, 0.3) is 16.7 Å². The lowest BCUT2D eigenvalue weighted by atomic mass is 10.2. The van der Waals surface area contributed by atoms with Gasteiger partial charge in [0.25, 0.3) is 0 Å². The van der Waals surface area contributed by atoms with Crippen molar-refractivity contribution in [2.75, 3.05) is 0 Å². The summed E-state index contributed by atoms with van der Waals surface area (Å²) in [5.41, 5.74) is 1.95. The normalized spacial score (nSPS) is 10.9. The van der Waals surface area contributed by atoms with Gasteiger partial charge >= 0.3 is 0 Å². The molecule has 0 unspecified atom stereocenters. The summed E-state index contributed by atoms with van der Waals surface area (Å²) in [4.78, 5) is 4.19. The molecule has 0 saturated carbocycles. The lowest BCUT2D eigenvalue weighted by molar-refractivity contribution is 0.619. The summed E-state index contributed by atoms with van der Waals surface area (Å²) in [6.45, 7) is 0. The number of aromatic nitrogens is 2. The molecule has 0 aliphatic heterocycles. The standard InChI is InChI=1S/C13H8ClFN2/c14-13-16-10-6-2-4-8-12(10)17(13)11-7-3-1-5-9(11)15/h1-8H. The van der Waals surface area contributed by atoms with Gasteiger partial charge in [-0.1, -0.05) is 24.3 Å². The molecule has 84 valence electrons. The van der Waals surface area contributed by atoms with Gasteiger partial charge in [-0.3, -0.25) is 4.57 Å². The number of rotatable bonds is 1. The zero-order chi connectivity index (χ0) is 11.8. The van der Waals surface area contributed by atoms with E-state index in [4.69, 9.17) is 11.6 Å². The zero-order valence-corrected chi connectivity index (χ0v) is 9.53. The van der Waals surface area contributed by atoms with Crippen LogP contribution in [0.15, 0.2) is 48.5 Å². The average Bonchev–Trinajstić information content (AvgIpc) is 2.66. The first-order valence-corrected chi connectivity index (χ1v) is 5.53. The molecule has 1 aromatic heterocycles. The molecule has 0 aliphatic rings. The fraction of sp³-hybridized carbons (Fsp3) is 0. The van der Waals surface area contributed by atoms with Gasteiger partial charge in [0, 0.05) is 0 Å². The highest BCUT2D eigenvalue weighted by molar-refractivity contribution is 6.29. The minimum atomic E-state index is -0.322. The maximum absolute atomic E-state index is 13.8. The number of fused-ring (bicyclic) bond motifs is 1. The molecule has 0 spiro atoms. The number of hydrogen-bond donors (Lipinski definition) is 0.